The van der Waals surface area contributed by atoms with Gasteiger partial charge in [-0.25, -0.2) is 9.49 Å². The van der Waals surface area contributed by atoms with Gasteiger partial charge in [0.1, 0.15) is 5.82 Å². The van der Waals surface area contributed by atoms with E-state index in [1.165, 1.54) is 0 Å². The normalized spacial score (nSPS) is 11.2. The summed E-state index contributed by atoms with van der Waals surface area (Å²) in [5.74, 6) is -0.461. The zero-order chi connectivity index (χ0) is 22.4. The van der Waals surface area contributed by atoms with Gasteiger partial charge < -0.3 is 0 Å². The van der Waals surface area contributed by atoms with Crippen LogP contribution in [0.5, 0.6) is 0 Å². The maximum absolute atomic E-state index is 15.7. The fourth-order valence-corrected chi connectivity index (χ4v) is 4.23. The van der Waals surface area contributed by atoms with Crippen molar-refractivity contribution in [1.82, 2.24) is 20.0 Å². The molecule has 0 amide bonds. The number of nitrogens with one attached hydrogen (secondary N) is 1. The third-order valence-electron chi connectivity index (χ3n) is 5.80. The van der Waals surface area contributed by atoms with Crippen molar-refractivity contribution in [3.63, 3.8) is 0 Å². The third-order valence-corrected chi connectivity index (χ3v) is 5.80. The number of fused-ring (bicyclic) bond motifs is 2. The number of aryl methyl sites for hydroxylation is 2. The molecule has 32 heavy (non-hydrogen) atoms. The zero-order valence-corrected chi connectivity index (χ0v) is 17.5. The summed E-state index contributed by atoms with van der Waals surface area (Å²) in [7, 11) is 1.72. The van der Waals surface area contributed by atoms with E-state index < -0.39 is 5.82 Å². The van der Waals surface area contributed by atoms with Crippen molar-refractivity contribution in [3.05, 3.63) is 82.2 Å². The van der Waals surface area contributed by atoms with Crippen molar-refractivity contribution in [2.24, 2.45) is 7.05 Å². The first-order valence-corrected chi connectivity index (χ1v) is 10.2. The van der Waals surface area contributed by atoms with Gasteiger partial charge in [-0.15, -0.1) is 0 Å². The van der Waals surface area contributed by atoms with Gasteiger partial charge in [0.05, 0.1) is 40.2 Å². The Balaban J connectivity index is 1.82. The zero-order valence-electron chi connectivity index (χ0n) is 17.5. The van der Waals surface area contributed by atoms with Crippen LogP contribution in [0, 0.1) is 17.1 Å². The fraction of sp³-hybridized carbons (Fsp3) is 0.120. The molecule has 0 aliphatic heterocycles. The Morgan fingerprint density at radius 3 is 2.72 bits per heavy atom. The van der Waals surface area contributed by atoms with E-state index in [1.54, 1.807) is 48.3 Å². The van der Waals surface area contributed by atoms with Gasteiger partial charge in [-0.05, 0) is 35.6 Å². The van der Waals surface area contributed by atoms with Crippen molar-refractivity contribution < 1.29 is 4.39 Å². The molecule has 0 fully saturated rings. The molecule has 0 radical (unpaired) electrons. The molecule has 0 unspecified atom stereocenters. The Morgan fingerprint density at radius 2 is 1.94 bits per heavy atom. The van der Waals surface area contributed by atoms with Crippen LogP contribution in [0.2, 0.25) is 0 Å². The molecule has 0 aliphatic carbocycles. The third kappa shape index (κ3) is 2.88. The number of aromatic nitrogens is 4. The summed E-state index contributed by atoms with van der Waals surface area (Å²) in [4.78, 5) is 12.2. The minimum absolute atomic E-state index is 0.209. The Morgan fingerprint density at radius 1 is 1.12 bits per heavy atom. The molecular formula is C25H18FN5O. The van der Waals surface area contributed by atoms with E-state index in [-0.39, 0.29) is 16.7 Å². The summed E-state index contributed by atoms with van der Waals surface area (Å²) >= 11 is 0. The van der Waals surface area contributed by atoms with Gasteiger partial charge in [0.15, 0.2) is 0 Å². The molecule has 0 atom stereocenters. The van der Waals surface area contributed by atoms with Gasteiger partial charge in [0.2, 0.25) is 0 Å². The van der Waals surface area contributed by atoms with E-state index in [0.717, 1.165) is 16.6 Å². The van der Waals surface area contributed by atoms with Gasteiger partial charge in [0.25, 0.3) is 5.56 Å². The first kappa shape index (κ1) is 19.6. The highest BCUT2D eigenvalue weighted by molar-refractivity contribution is 5.95. The van der Waals surface area contributed by atoms with E-state index in [4.69, 9.17) is 0 Å². The molecule has 1 N–H and O–H groups in total. The van der Waals surface area contributed by atoms with Crippen LogP contribution in [0.15, 0.2) is 59.5 Å². The summed E-state index contributed by atoms with van der Waals surface area (Å²) in [5.41, 5.74) is 2.88. The molecule has 5 aromatic rings. The smallest absolute Gasteiger partial charge is 0.267 e. The molecule has 2 aromatic heterocycles. The monoisotopic (exact) mass is 423 g/mol. The average molecular weight is 423 g/mol. The maximum Gasteiger partial charge on any atom is 0.272 e. The van der Waals surface area contributed by atoms with Gasteiger partial charge >= 0.3 is 0 Å². The Labute approximate surface area is 182 Å². The molecule has 5 rings (SSSR count). The number of H-pyrrole nitrogens is 1. The highest BCUT2D eigenvalue weighted by Crippen LogP contribution is 2.38. The van der Waals surface area contributed by atoms with E-state index in [9.17, 15) is 10.1 Å². The van der Waals surface area contributed by atoms with Crippen LogP contribution in [0.3, 0.4) is 0 Å². The Kier molecular flexibility index (Phi) is 4.56. The van der Waals surface area contributed by atoms with Crippen LogP contribution in [0.1, 0.15) is 18.2 Å². The molecule has 6 nitrogen and oxygen atoms in total. The van der Waals surface area contributed by atoms with Crippen molar-refractivity contribution in [1.29, 1.82) is 5.26 Å². The lowest BCUT2D eigenvalue weighted by molar-refractivity contribution is 0.639. The molecule has 3 aromatic carbocycles. The lowest BCUT2D eigenvalue weighted by Gasteiger charge is -2.13. The van der Waals surface area contributed by atoms with Crippen molar-refractivity contribution in [3.8, 4) is 28.5 Å². The van der Waals surface area contributed by atoms with Gasteiger partial charge in [0, 0.05) is 23.4 Å². The maximum atomic E-state index is 15.7. The molecule has 0 saturated carbocycles. The van der Waals surface area contributed by atoms with Crippen LogP contribution in [-0.2, 0) is 13.5 Å². The number of nitrogens with zero attached hydrogens (tertiary/aromatic N) is 4. The Bertz CT molecular complexity index is 1620. The molecule has 0 spiro atoms. The molecule has 0 saturated heterocycles. The van der Waals surface area contributed by atoms with Crippen LogP contribution < -0.4 is 5.56 Å². The lowest BCUT2D eigenvalue weighted by Crippen LogP contribution is -2.10. The molecule has 7 heteroatoms. The predicted octanol–water partition coefficient (Wildman–Crippen LogP) is 4.72. The van der Waals surface area contributed by atoms with Gasteiger partial charge in [-0.1, -0.05) is 37.3 Å². The standard InChI is InChI=1S/C25H18FN5O/c1-3-21-19-11-15(8-9-18(19)25(32)30-29-21)20-13-28-31(2)24(20)22-16(12-27)10-14-6-4-5-7-17(14)23(22)26/h4-11,13H,3H2,1-2H3,(H,30,32). The first-order chi connectivity index (χ1) is 15.5. The minimum Gasteiger partial charge on any atom is -0.267 e. The molecule has 2 heterocycles. The van der Waals surface area contributed by atoms with Crippen LogP contribution >= 0.6 is 0 Å². The minimum atomic E-state index is -0.461. The highest BCUT2D eigenvalue weighted by atomic mass is 19.1. The van der Waals surface area contributed by atoms with Crippen LogP contribution in [0.4, 0.5) is 4.39 Å². The number of hydrogen-bond acceptors (Lipinski definition) is 4. The first-order valence-electron chi connectivity index (χ1n) is 10.2. The second kappa shape index (κ2) is 7.43. The van der Waals surface area contributed by atoms with E-state index in [0.29, 0.717) is 33.8 Å². The molecule has 0 aliphatic rings. The number of nitriles is 1. The summed E-state index contributed by atoms with van der Waals surface area (Å²) < 4.78 is 17.3. The van der Waals surface area contributed by atoms with Gasteiger partial charge in [-0.2, -0.15) is 15.5 Å². The van der Waals surface area contributed by atoms with E-state index in [2.05, 4.69) is 21.4 Å². The van der Waals surface area contributed by atoms with Crippen LogP contribution in [-0.4, -0.2) is 20.0 Å². The predicted molar refractivity (Wildman–Crippen MR) is 122 cm³/mol. The molecular weight excluding hydrogens is 405 g/mol. The molecule has 156 valence electrons. The number of benzene rings is 3. The largest absolute Gasteiger partial charge is 0.272 e. The van der Waals surface area contributed by atoms with Crippen molar-refractivity contribution >= 4 is 21.5 Å². The number of aromatic amines is 1. The summed E-state index contributed by atoms with van der Waals surface area (Å²) in [6, 6.07) is 16.3. The second-order valence-electron chi connectivity index (χ2n) is 7.59. The lowest BCUT2D eigenvalue weighted by atomic mass is 9.93. The highest BCUT2D eigenvalue weighted by Gasteiger charge is 2.22. The van der Waals surface area contributed by atoms with Crippen molar-refractivity contribution in [2.75, 3.05) is 0 Å². The SMILES string of the molecule is CCc1n[nH]c(=O)c2ccc(-c3cnn(C)c3-c3c(C#N)cc4ccccc4c3F)cc12. The van der Waals surface area contributed by atoms with E-state index in [1.807, 2.05) is 25.1 Å². The summed E-state index contributed by atoms with van der Waals surface area (Å²) in [6.45, 7) is 1.96. The number of rotatable bonds is 3. The molecule has 0 bridgehead atoms. The number of halogens is 1. The fourth-order valence-electron chi connectivity index (χ4n) is 4.23. The average Bonchev–Trinajstić information content (AvgIpc) is 3.20. The Hall–Kier alpha value is -4.31. The van der Waals surface area contributed by atoms with Crippen molar-refractivity contribution in [2.45, 2.75) is 13.3 Å². The summed E-state index contributed by atoms with van der Waals surface area (Å²) in [6.07, 6.45) is 2.30. The quantitative estimate of drug-likeness (QED) is 0.455. The second-order valence-corrected chi connectivity index (χ2v) is 7.59. The topological polar surface area (TPSA) is 87.4 Å². The summed E-state index contributed by atoms with van der Waals surface area (Å²) in [5, 5.41) is 23.2. The van der Waals surface area contributed by atoms with Gasteiger partial charge in [-0.3, -0.25) is 9.48 Å². The van der Waals surface area contributed by atoms with Crippen LogP contribution in [0.25, 0.3) is 43.9 Å². The van der Waals surface area contributed by atoms with E-state index >= 15 is 4.39 Å². The number of hydrogen-bond donors (Lipinski definition) is 1.